The summed E-state index contributed by atoms with van der Waals surface area (Å²) >= 11 is 0. The summed E-state index contributed by atoms with van der Waals surface area (Å²) in [5, 5.41) is 15.4. The summed E-state index contributed by atoms with van der Waals surface area (Å²) in [5.74, 6) is -0.0219. The summed E-state index contributed by atoms with van der Waals surface area (Å²) in [4.78, 5) is 4.14. The Labute approximate surface area is 169 Å². The maximum Gasteiger partial charge on any atom is 0.191 e. The number of benzene rings is 2. The molecule has 2 aromatic rings. The molecule has 4 nitrogen and oxygen atoms in total. The predicted octanol–water partition coefficient (Wildman–Crippen LogP) is 3.29. The van der Waals surface area contributed by atoms with Gasteiger partial charge in [0.15, 0.2) is 5.96 Å². The van der Waals surface area contributed by atoms with Crippen LogP contribution in [0.5, 0.6) is 0 Å². The highest BCUT2D eigenvalue weighted by Crippen LogP contribution is 2.11. The van der Waals surface area contributed by atoms with Crippen LogP contribution in [0, 0.1) is 18.6 Å². The van der Waals surface area contributed by atoms with E-state index in [0.717, 1.165) is 23.1 Å². The van der Waals surface area contributed by atoms with Gasteiger partial charge in [0.05, 0.1) is 6.61 Å². The standard InChI is InChI=1S/C19H23F2N3O.HI/c1-13-9-17(20)5-4-15(13)7-8-23-19(22-2)24-11-14-3-6-18(21)16(10-14)12-25;/h3-6,9-10,25H,7-8,11-12H2,1-2H3,(H2,22,23,24);1H. The van der Waals surface area contributed by atoms with Gasteiger partial charge >= 0.3 is 0 Å². The highest BCUT2D eigenvalue weighted by molar-refractivity contribution is 14.0. The first-order valence-electron chi connectivity index (χ1n) is 8.11. The molecule has 0 fully saturated rings. The van der Waals surface area contributed by atoms with E-state index in [9.17, 15) is 8.78 Å². The van der Waals surface area contributed by atoms with Gasteiger partial charge in [-0.1, -0.05) is 12.1 Å². The molecular weight excluding hydrogens is 451 g/mol. The van der Waals surface area contributed by atoms with Gasteiger partial charge in [-0.3, -0.25) is 4.99 Å². The van der Waals surface area contributed by atoms with Gasteiger partial charge in [-0.25, -0.2) is 8.78 Å². The van der Waals surface area contributed by atoms with E-state index in [1.807, 2.05) is 6.92 Å². The van der Waals surface area contributed by atoms with Crippen LogP contribution in [-0.4, -0.2) is 24.7 Å². The largest absolute Gasteiger partial charge is 0.392 e. The summed E-state index contributed by atoms with van der Waals surface area (Å²) in [5.41, 5.74) is 3.12. The number of hydrogen-bond donors (Lipinski definition) is 3. The third kappa shape index (κ3) is 6.53. The molecule has 0 spiro atoms. The first-order valence-corrected chi connectivity index (χ1v) is 8.11. The van der Waals surface area contributed by atoms with Crippen molar-refractivity contribution < 1.29 is 13.9 Å². The fourth-order valence-corrected chi connectivity index (χ4v) is 2.52. The smallest absolute Gasteiger partial charge is 0.191 e. The van der Waals surface area contributed by atoms with E-state index in [0.29, 0.717) is 19.0 Å². The molecule has 2 aromatic carbocycles. The molecule has 0 aliphatic rings. The normalized spacial score (nSPS) is 11.0. The maximum absolute atomic E-state index is 13.4. The van der Waals surface area contributed by atoms with Crippen molar-refractivity contribution in [1.82, 2.24) is 10.6 Å². The zero-order chi connectivity index (χ0) is 18.2. The highest BCUT2D eigenvalue weighted by atomic mass is 127. The number of aliphatic hydroxyl groups is 1. The number of rotatable bonds is 6. The Balaban J connectivity index is 0.00000338. The third-order valence-corrected chi connectivity index (χ3v) is 3.96. The molecule has 0 radical (unpaired) electrons. The number of nitrogens with zero attached hydrogens (tertiary/aromatic N) is 1. The summed E-state index contributed by atoms with van der Waals surface area (Å²) in [6.07, 6.45) is 0.748. The van der Waals surface area contributed by atoms with Crippen LogP contribution in [0.4, 0.5) is 8.78 Å². The minimum Gasteiger partial charge on any atom is -0.392 e. The zero-order valence-electron chi connectivity index (χ0n) is 14.9. The predicted molar refractivity (Wildman–Crippen MR) is 111 cm³/mol. The van der Waals surface area contributed by atoms with E-state index >= 15 is 0 Å². The Morgan fingerprint density at radius 1 is 1.08 bits per heavy atom. The first-order chi connectivity index (χ1) is 12.0. The van der Waals surface area contributed by atoms with Crippen molar-refractivity contribution in [2.75, 3.05) is 13.6 Å². The number of aryl methyl sites for hydroxylation is 1. The number of nitrogens with one attached hydrogen (secondary N) is 2. The fourth-order valence-electron chi connectivity index (χ4n) is 2.52. The Morgan fingerprint density at radius 2 is 1.85 bits per heavy atom. The molecule has 0 amide bonds. The van der Waals surface area contributed by atoms with Crippen LogP contribution < -0.4 is 10.6 Å². The summed E-state index contributed by atoms with van der Waals surface area (Å²) in [6, 6.07) is 9.40. The second kappa shape index (κ2) is 11.1. The van der Waals surface area contributed by atoms with Crippen molar-refractivity contribution in [3.8, 4) is 0 Å². The van der Waals surface area contributed by atoms with E-state index in [1.165, 1.54) is 18.2 Å². The van der Waals surface area contributed by atoms with Crippen molar-refractivity contribution in [3.05, 3.63) is 70.3 Å². The van der Waals surface area contributed by atoms with E-state index in [4.69, 9.17) is 5.11 Å². The molecule has 0 heterocycles. The third-order valence-electron chi connectivity index (χ3n) is 3.96. The average molecular weight is 475 g/mol. The number of guanidine groups is 1. The maximum atomic E-state index is 13.4. The Morgan fingerprint density at radius 3 is 2.50 bits per heavy atom. The van der Waals surface area contributed by atoms with Crippen molar-refractivity contribution in [2.45, 2.75) is 26.5 Å². The molecule has 0 saturated carbocycles. The average Bonchev–Trinajstić information content (AvgIpc) is 2.60. The molecule has 142 valence electrons. The molecule has 2 rings (SSSR count). The summed E-state index contributed by atoms with van der Waals surface area (Å²) < 4.78 is 26.5. The summed E-state index contributed by atoms with van der Waals surface area (Å²) in [6.45, 7) is 2.67. The summed E-state index contributed by atoms with van der Waals surface area (Å²) in [7, 11) is 1.67. The van der Waals surface area contributed by atoms with Gasteiger partial charge < -0.3 is 15.7 Å². The lowest BCUT2D eigenvalue weighted by Gasteiger charge is -2.13. The molecule has 0 unspecified atom stereocenters. The van der Waals surface area contributed by atoms with Crippen LogP contribution in [0.3, 0.4) is 0 Å². The van der Waals surface area contributed by atoms with Crippen LogP contribution in [-0.2, 0) is 19.6 Å². The van der Waals surface area contributed by atoms with Crippen LogP contribution in [0.25, 0.3) is 0 Å². The van der Waals surface area contributed by atoms with E-state index in [2.05, 4.69) is 15.6 Å². The number of halogens is 3. The van der Waals surface area contributed by atoms with Crippen LogP contribution >= 0.6 is 24.0 Å². The number of aliphatic imine (C=N–C) groups is 1. The second-order valence-corrected chi connectivity index (χ2v) is 5.76. The number of aliphatic hydroxyl groups excluding tert-OH is 1. The van der Waals surface area contributed by atoms with Crippen molar-refractivity contribution in [1.29, 1.82) is 0 Å². The van der Waals surface area contributed by atoms with E-state index < -0.39 is 5.82 Å². The van der Waals surface area contributed by atoms with E-state index in [-0.39, 0.29) is 42.0 Å². The molecular formula is C19H24F2IN3O. The van der Waals surface area contributed by atoms with Gasteiger partial charge in [-0.15, -0.1) is 24.0 Å². The SMILES string of the molecule is CN=C(NCCc1ccc(F)cc1C)NCc1ccc(F)c(CO)c1.I. The first kappa shape index (κ1) is 22.3. The quantitative estimate of drug-likeness (QED) is 0.342. The molecule has 0 aliphatic heterocycles. The van der Waals surface area contributed by atoms with Gasteiger partial charge in [-0.2, -0.15) is 0 Å². The Kier molecular flexibility index (Phi) is 9.50. The molecule has 7 heteroatoms. The molecule has 26 heavy (non-hydrogen) atoms. The lowest BCUT2D eigenvalue weighted by molar-refractivity contribution is 0.275. The van der Waals surface area contributed by atoms with Crippen LogP contribution in [0.15, 0.2) is 41.4 Å². The topological polar surface area (TPSA) is 56.7 Å². The molecule has 0 aromatic heterocycles. The number of hydrogen-bond acceptors (Lipinski definition) is 2. The van der Waals surface area contributed by atoms with E-state index in [1.54, 1.807) is 25.2 Å². The van der Waals surface area contributed by atoms with Gasteiger partial charge in [0.2, 0.25) is 0 Å². The van der Waals surface area contributed by atoms with Gasteiger partial charge in [-0.05, 0) is 54.3 Å². The lowest BCUT2D eigenvalue weighted by Crippen LogP contribution is -2.37. The molecule has 0 bridgehead atoms. The van der Waals surface area contributed by atoms with Crippen LogP contribution in [0.2, 0.25) is 0 Å². The van der Waals surface area contributed by atoms with Gasteiger partial charge in [0, 0.05) is 25.7 Å². The van der Waals surface area contributed by atoms with Crippen LogP contribution in [0.1, 0.15) is 22.3 Å². The molecule has 0 atom stereocenters. The van der Waals surface area contributed by atoms with Gasteiger partial charge in [0.1, 0.15) is 11.6 Å². The molecule has 0 saturated heterocycles. The monoisotopic (exact) mass is 475 g/mol. The minimum absolute atomic E-state index is 0. The minimum atomic E-state index is -0.413. The van der Waals surface area contributed by atoms with Crippen molar-refractivity contribution >= 4 is 29.9 Å². The fraction of sp³-hybridized carbons (Fsp3) is 0.316. The van der Waals surface area contributed by atoms with Crippen molar-refractivity contribution in [3.63, 3.8) is 0 Å². The zero-order valence-corrected chi connectivity index (χ0v) is 17.2. The van der Waals surface area contributed by atoms with Crippen molar-refractivity contribution in [2.24, 2.45) is 4.99 Å². The molecule has 0 aliphatic carbocycles. The Hall–Kier alpha value is -1.74. The lowest BCUT2D eigenvalue weighted by atomic mass is 10.1. The highest BCUT2D eigenvalue weighted by Gasteiger charge is 2.04. The molecule has 3 N–H and O–H groups in total. The Bertz CT molecular complexity index is 754. The van der Waals surface area contributed by atoms with Gasteiger partial charge in [0.25, 0.3) is 0 Å². The second-order valence-electron chi connectivity index (χ2n) is 5.76.